The number of carbonyl (C=O) groups excluding carboxylic acids is 2. The Kier molecular flexibility index (Phi) is 7.09. The van der Waals surface area contributed by atoms with Crippen molar-refractivity contribution in [3.63, 3.8) is 0 Å². The van der Waals surface area contributed by atoms with E-state index in [0.29, 0.717) is 37.6 Å². The van der Waals surface area contributed by atoms with E-state index in [2.05, 4.69) is 5.32 Å². The maximum absolute atomic E-state index is 12.7. The molecule has 5 heteroatoms. The van der Waals surface area contributed by atoms with Gasteiger partial charge in [-0.2, -0.15) is 0 Å². The van der Waals surface area contributed by atoms with E-state index in [1.165, 1.54) is 0 Å². The number of hydrogen-bond donors (Lipinski definition) is 1. The number of carbonyl (C=O) groups is 2. The fourth-order valence-corrected chi connectivity index (χ4v) is 3.03. The summed E-state index contributed by atoms with van der Waals surface area (Å²) in [7, 11) is 0. The van der Waals surface area contributed by atoms with Crippen molar-refractivity contribution >= 4 is 11.8 Å². The monoisotopic (exact) mass is 332 g/mol. The lowest BCUT2D eigenvalue weighted by atomic mass is 9.97. The van der Waals surface area contributed by atoms with Gasteiger partial charge in [0.15, 0.2) is 0 Å². The maximum Gasteiger partial charge on any atom is 0.253 e. The molecule has 0 bridgehead atoms. The van der Waals surface area contributed by atoms with E-state index in [0.717, 1.165) is 31.6 Å². The Bertz CT molecular complexity index is 542. The molecule has 0 radical (unpaired) electrons. The van der Waals surface area contributed by atoms with Crippen molar-refractivity contribution in [1.29, 1.82) is 0 Å². The minimum Gasteiger partial charge on any atom is -0.494 e. The van der Waals surface area contributed by atoms with E-state index in [9.17, 15) is 9.59 Å². The summed E-state index contributed by atoms with van der Waals surface area (Å²) < 4.78 is 5.41. The number of rotatable bonds is 7. The quantitative estimate of drug-likeness (QED) is 0.835. The summed E-state index contributed by atoms with van der Waals surface area (Å²) >= 11 is 0. The van der Waals surface area contributed by atoms with Crippen LogP contribution >= 0.6 is 0 Å². The standard InChI is InChI=1S/C19H28N2O3/c1-3-6-18(22)20-13-15-7-5-12-21(14-15)19(23)16-8-10-17(11-9-16)24-4-2/h8-11,15H,3-7,12-14H2,1-2H3,(H,20,22). The van der Waals surface area contributed by atoms with Crippen LogP contribution in [-0.4, -0.2) is 43.0 Å². The van der Waals surface area contributed by atoms with Crippen LogP contribution in [-0.2, 0) is 4.79 Å². The minimum absolute atomic E-state index is 0.0580. The van der Waals surface area contributed by atoms with Gasteiger partial charge in [-0.25, -0.2) is 0 Å². The molecule has 1 atom stereocenters. The molecule has 1 aromatic rings. The van der Waals surface area contributed by atoms with Gasteiger partial charge >= 0.3 is 0 Å². The van der Waals surface area contributed by atoms with E-state index in [1.807, 2.05) is 43.0 Å². The zero-order chi connectivity index (χ0) is 17.4. The van der Waals surface area contributed by atoms with E-state index in [4.69, 9.17) is 4.74 Å². The third kappa shape index (κ3) is 5.25. The smallest absolute Gasteiger partial charge is 0.253 e. The Labute approximate surface area is 144 Å². The molecule has 1 aliphatic rings. The molecular weight excluding hydrogens is 304 g/mol. The van der Waals surface area contributed by atoms with Crippen molar-refractivity contribution in [2.24, 2.45) is 5.92 Å². The summed E-state index contributed by atoms with van der Waals surface area (Å²) in [6, 6.07) is 7.31. The summed E-state index contributed by atoms with van der Waals surface area (Å²) in [6.45, 7) is 6.70. The first-order valence-electron chi connectivity index (χ1n) is 8.92. The predicted octanol–water partition coefficient (Wildman–Crippen LogP) is 2.85. The normalized spacial score (nSPS) is 17.4. The van der Waals surface area contributed by atoms with Crippen LogP contribution in [0, 0.1) is 5.92 Å². The molecule has 132 valence electrons. The van der Waals surface area contributed by atoms with E-state index >= 15 is 0 Å². The van der Waals surface area contributed by atoms with Crippen LogP contribution in [0.3, 0.4) is 0 Å². The van der Waals surface area contributed by atoms with Gasteiger partial charge in [0, 0.05) is 31.6 Å². The Morgan fingerprint density at radius 1 is 1.25 bits per heavy atom. The van der Waals surface area contributed by atoms with Gasteiger partial charge in [0.2, 0.25) is 5.91 Å². The van der Waals surface area contributed by atoms with Crippen molar-refractivity contribution in [3.05, 3.63) is 29.8 Å². The Balaban J connectivity index is 1.88. The lowest BCUT2D eigenvalue weighted by molar-refractivity contribution is -0.121. The third-order valence-electron chi connectivity index (χ3n) is 4.28. The van der Waals surface area contributed by atoms with E-state index in [-0.39, 0.29) is 11.8 Å². The van der Waals surface area contributed by atoms with E-state index < -0.39 is 0 Å². The van der Waals surface area contributed by atoms with Crippen LogP contribution in [0.5, 0.6) is 5.75 Å². The van der Waals surface area contributed by atoms with Crippen molar-refractivity contribution in [1.82, 2.24) is 10.2 Å². The Morgan fingerprint density at radius 2 is 2.00 bits per heavy atom. The van der Waals surface area contributed by atoms with Crippen LogP contribution in [0.15, 0.2) is 24.3 Å². The van der Waals surface area contributed by atoms with Gasteiger partial charge < -0.3 is 15.0 Å². The predicted molar refractivity (Wildman–Crippen MR) is 94.2 cm³/mol. The average molecular weight is 332 g/mol. The van der Waals surface area contributed by atoms with Gasteiger partial charge in [-0.3, -0.25) is 9.59 Å². The molecule has 0 aliphatic carbocycles. The van der Waals surface area contributed by atoms with Crippen LogP contribution in [0.2, 0.25) is 0 Å². The topological polar surface area (TPSA) is 58.6 Å². The molecule has 1 aromatic carbocycles. The van der Waals surface area contributed by atoms with Gasteiger partial charge in [0.1, 0.15) is 5.75 Å². The molecular formula is C19H28N2O3. The van der Waals surface area contributed by atoms with Crippen molar-refractivity contribution in [2.45, 2.75) is 39.5 Å². The molecule has 1 unspecified atom stereocenters. The largest absolute Gasteiger partial charge is 0.494 e. The first-order chi connectivity index (χ1) is 11.6. The van der Waals surface area contributed by atoms with Gasteiger partial charge in [-0.1, -0.05) is 6.92 Å². The summed E-state index contributed by atoms with van der Waals surface area (Å²) in [4.78, 5) is 26.2. The minimum atomic E-state index is 0.0580. The number of piperidine rings is 1. The van der Waals surface area contributed by atoms with Crippen LogP contribution in [0.1, 0.15) is 49.9 Å². The molecule has 5 nitrogen and oxygen atoms in total. The maximum atomic E-state index is 12.7. The number of amides is 2. The summed E-state index contributed by atoms with van der Waals surface area (Å²) in [5.74, 6) is 1.28. The lowest BCUT2D eigenvalue weighted by Gasteiger charge is -2.33. The van der Waals surface area contributed by atoms with Crippen molar-refractivity contribution in [3.8, 4) is 5.75 Å². The van der Waals surface area contributed by atoms with Gasteiger partial charge in [-0.05, 0) is 56.4 Å². The number of benzene rings is 1. The molecule has 2 amide bonds. The van der Waals surface area contributed by atoms with Gasteiger partial charge in [0.25, 0.3) is 5.91 Å². The molecule has 0 aromatic heterocycles. The molecule has 1 fully saturated rings. The van der Waals surface area contributed by atoms with E-state index in [1.54, 1.807) is 0 Å². The van der Waals surface area contributed by atoms with Crippen molar-refractivity contribution in [2.75, 3.05) is 26.2 Å². The number of nitrogens with zero attached hydrogens (tertiary/aromatic N) is 1. The highest BCUT2D eigenvalue weighted by atomic mass is 16.5. The number of hydrogen-bond acceptors (Lipinski definition) is 3. The molecule has 0 saturated carbocycles. The Hall–Kier alpha value is -2.04. The summed E-state index contributed by atoms with van der Waals surface area (Å²) in [5, 5.41) is 2.98. The van der Waals surface area contributed by atoms with Crippen LogP contribution in [0.4, 0.5) is 0 Å². The molecule has 0 spiro atoms. The molecule has 2 rings (SSSR count). The first kappa shape index (κ1) is 18.3. The fourth-order valence-electron chi connectivity index (χ4n) is 3.03. The Morgan fingerprint density at radius 3 is 2.67 bits per heavy atom. The SMILES string of the molecule is CCCC(=O)NCC1CCCN(C(=O)c2ccc(OCC)cc2)C1. The highest BCUT2D eigenvalue weighted by Crippen LogP contribution is 2.19. The molecule has 24 heavy (non-hydrogen) atoms. The van der Waals surface area contributed by atoms with Crippen molar-refractivity contribution < 1.29 is 14.3 Å². The van der Waals surface area contributed by atoms with Crippen LogP contribution < -0.4 is 10.1 Å². The second-order valence-electron chi connectivity index (χ2n) is 6.27. The lowest BCUT2D eigenvalue weighted by Crippen LogP contribution is -2.43. The second-order valence-corrected chi connectivity index (χ2v) is 6.27. The average Bonchev–Trinajstić information content (AvgIpc) is 2.61. The number of likely N-dealkylation sites (tertiary alicyclic amines) is 1. The molecule has 1 aliphatic heterocycles. The zero-order valence-electron chi connectivity index (χ0n) is 14.7. The summed E-state index contributed by atoms with van der Waals surface area (Å²) in [6.07, 6.45) is 3.47. The first-order valence-corrected chi connectivity index (χ1v) is 8.92. The molecule has 1 saturated heterocycles. The summed E-state index contributed by atoms with van der Waals surface area (Å²) in [5.41, 5.74) is 0.689. The zero-order valence-corrected chi connectivity index (χ0v) is 14.7. The third-order valence-corrected chi connectivity index (χ3v) is 4.28. The number of nitrogens with one attached hydrogen (secondary N) is 1. The highest BCUT2D eigenvalue weighted by Gasteiger charge is 2.24. The number of ether oxygens (including phenoxy) is 1. The fraction of sp³-hybridized carbons (Fsp3) is 0.579. The van der Waals surface area contributed by atoms with Crippen LogP contribution in [0.25, 0.3) is 0 Å². The second kappa shape index (κ2) is 9.30. The van der Waals surface area contributed by atoms with Gasteiger partial charge in [0.05, 0.1) is 6.61 Å². The van der Waals surface area contributed by atoms with Gasteiger partial charge in [-0.15, -0.1) is 0 Å². The highest BCUT2D eigenvalue weighted by molar-refractivity contribution is 5.94. The molecule has 1 N–H and O–H groups in total. The molecule has 1 heterocycles.